The molecule has 2 heterocycles. The van der Waals surface area contributed by atoms with E-state index in [2.05, 4.69) is 27.7 Å². The molecule has 20 heavy (non-hydrogen) atoms. The Bertz CT molecular complexity index is 562. The molecule has 1 aromatic carbocycles. The van der Waals surface area contributed by atoms with Crippen molar-refractivity contribution in [2.24, 2.45) is 0 Å². The summed E-state index contributed by atoms with van der Waals surface area (Å²) in [5.41, 5.74) is 1.91. The molecule has 0 aliphatic carbocycles. The van der Waals surface area contributed by atoms with Crippen molar-refractivity contribution in [1.82, 2.24) is 10.2 Å². The maximum atomic E-state index is 13.5. The molecule has 0 bridgehead atoms. The minimum Gasteiger partial charge on any atom is -0.314 e. The zero-order valence-corrected chi connectivity index (χ0v) is 12.4. The Kier molecular flexibility index (Phi) is 4.15. The molecule has 106 valence electrons. The molecule has 1 atom stereocenters. The predicted molar refractivity (Wildman–Crippen MR) is 81.7 cm³/mol. The van der Waals surface area contributed by atoms with E-state index in [0.29, 0.717) is 0 Å². The lowest BCUT2D eigenvalue weighted by molar-refractivity contribution is 0.200. The van der Waals surface area contributed by atoms with Gasteiger partial charge in [-0.3, -0.25) is 4.90 Å². The van der Waals surface area contributed by atoms with E-state index >= 15 is 0 Å². The van der Waals surface area contributed by atoms with Gasteiger partial charge in [-0.1, -0.05) is 18.2 Å². The maximum Gasteiger partial charge on any atom is 0.126 e. The Morgan fingerprint density at radius 1 is 1.25 bits per heavy atom. The number of nitrogens with zero attached hydrogens (tertiary/aromatic N) is 1. The molecular formula is C16H19FN2S. The van der Waals surface area contributed by atoms with Crippen LogP contribution >= 0.6 is 11.3 Å². The maximum absolute atomic E-state index is 13.5. The first-order chi connectivity index (χ1) is 9.75. The quantitative estimate of drug-likeness (QED) is 0.934. The highest BCUT2D eigenvalue weighted by Gasteiger charge is 2.24. The second kappa shape index (κ2) is 6.04. The number of piperazine rings is 1. The van der Waals surface area contributed by atoms with Gasteiger partial charge in [0.05, 0.1) is 6.04 Å². The SMILES string of the molecule is Cc1cc([C@H](c2cccs2)N2CCNCC2)ccc1F. The van der Waals surface area contributed by atoms with Gasteiger partial charge in [-0.2, -0.15) is 0 Å². The highest BCUT2D eigenvalue weighted by molar-refractivity contribution is 7.10. The fourth-order valence-electron chi connectivity index (χ4n) is 2.78. The molecule has 1 aliphatic heterocycles. The van der Waals surface area contributed by atoms with Crippen LogP contribution in [0.2, 0.25) is 0 Å². The van der Waals surface area contributed by atoms with Crippen molar-refractivity contribution in [3.05, 3.63) is 57.5 Å². The van der Waals surface area contributed by atoms with E-state index in [9.17, 15) is 4.39 Å². The Balaban J connectivity index is 1.98. The van der Waals surface area contributed by atoms with Crippen LogP contribution < -0.4 is 5.32 Å². The summed E-state index contributed by atoms with van der Waals surface area (Å²) in [7, 11) is 0. The van der Waals surface area contributed by atoms with Crippen molar-refractivity contribution in [1.29, 1.82) is 0 Å². The molecule has 4 heteroatoms. The third-order valence-electron chi connectivity index (χ3n) is 3.83. The summed E-state index contributed by atoms with van der Waals surface area (Å²) in [4.78, 5) is 3.81. The van der Waals surface area contributed by atoms with Gasteiger partial charge in [0.1, 0.15) is 5.82 Å². The van der Waals surface area contributed by atoms with E-state index in [1.54, 1.807) is 17.4 Å². The number of thiophene rings is 1. The molecular weight excluding hydrogens is 271 g/mol. The third-order valence-corrected chi connectivity index (χ3v) is 4.75. The number of nitrogens with one attached hydrogen (secondary N) is 1. The van der Waals surface area contributed by atoms with E-state index in [0.717, 1.165) is 31.7 Å². The van der Waals surface area contributed by atoms with Gasteiger partial charge in [0.2, 0.25) is 0 Å². The molecule has 1 fully saturated rings. The van der Waals surface area contributed by atoms with Crippen LogP contribution in [0.5, 0.6) is 0 Å². The van der Waals surface area contributed by atoms with Gasteiger partial charge in [0.15, 0.2) is 0 Å². The first-order valence-electron chi connectivity index (χ1n) is 7.00. The topological polar surface area (TPSA) is 15.3 Å². The van der Waals surface area contributed by atoms with E-state index in [1.807, 2.05) is 19.1 Å². The van der Waals surface area contributed by atoms with Gasteiger partial charge < -0.3 is 5.32 Å². The minimum absolute atomic E-state index is 0.126. The lowest BCUT2D eigenvalue weighted by Gasteiger charge is -2.35. The van der Waals surface area contributed by atoms with Crippen molar-refractivity contribution >= 4 is 11.3 Å². The second-order valence-electron chi connectivity index (χ2n) is 5.21. The summed E-state index contributed by atoms with van der Waals surface area (Å²) in [6, 6.07) is 10.0. The minimum atomic E-state index is -0.126. The van der Waals surface area contributed by atoms with Crippen LogP contribution in [0.4, 0.5) is 4.39 Å². The van der Waals surface area contributed by atoms with Gasteiger partial charge >= 0.3 is 0 Å². The predicted octanol–water partition coefficient (Wildman–Crippen LogP) is 3.19. The Labute approximate surface area is 123 Å². The average Bonchev–Trinajstić information content (AvgIpc) is 2.98. The molecule has 0 amide bonds. The number of halogens is 1. The van der Waals surface area contributed by atoms with Crippen LogP contribution in [-0.2, 0) is 0 Å². The van der Waals surface area contributed by atoms with Crippen LogP contribution in [0.3, 0.4) is 0 Å². The number of hydrogen-bond donors (Lipinski definition) is 1. The van der Waals surface area contributed by atoms with Gasteiger partial charge in [-0.15, -0.1) is 11.3 Å². The number of benzene rings is 1. The van der Waals surface area contributed by atoms with Gasteiger partial charge in [0, 0.05) is 31.1 Å². The standard InChI is InChI=1S/C16H19FN2S/c1-12-11-13(4-5-14(12)17)16(15-3-2-10-20-15)19-8-6-18-7-9-19/h2-5,10-11,16,18H,6-9H2,1H3/t16-/m1/s1. The van der Waals surface area contributed by atoms with Crippen LogP contribution in [0, 0.1) is 12.7 Å². The molecule has 1 N–H and O–H groups in total. The number of hydrogen-bond acceptors (Lipinski definition) is 3. The van der Waals surface area contributed by atoms with Gasteiger partial charge in [-0.25, -0.2) is 4.39 Å². The summed E-state index contributed by atoms with van der Waals surface area (Å²) in [5, 5.41) is 5.50. The Morgan fingerprint density at radius 2 is 2.05 bits per heavy atom. The summed E-state index contributed by atoms with van der Waals surface area (Å²) in [5.74, 6) is -0.126. The van der Waals surface area contributed by atoms with Crippen molar-refractivity contribution in [2.45, 2.75) is 13.0 Å². The van der Waals surface area contributed by atoms with Crippen LogP contribution in [0.15, 0.2) is 35.7 Å². The smallest absolute Gasteiger partial charge is 0.126 e. The molecule has 0 unspecified atom stereocenters. The summed E-state index contributed by atoms with van der Waals surface area (Å²) in [6.07, 6.45) is 0. The summed E-state index contributed by atoms with van der Waals surface area (Å²) >= 11 is 1.77. The van der Waals surface area contributed by atoms with Crippen molar-refractivity contribution in [2.75, 3.05) is 26.2 Å². The zero-order valence-electron chi connectivity index (χ0n) is 11.6. The molecule has 1 aromatic heterocycles. The highest BCUT2D eigenvalue weighted by atomic mass is 32.1. The fraction of sp³-hybridized carbons (Fsp3) is 0.375. The van der Waals surface area contributed by atoms with Gasteiger partial charge in [0.25, 0.3) is 0 Å². The van der Waals surface area contributed by atoms with Crippen LogP contribution in [-0.4, -0.2) is 31.1 Å². The number of aryl methyl sites for hydroxylation is 1. The molecule has 0 spiro atoms. The lowest BCUT2D eigenvalue weighted by atomic mass is 10.0. The molecule has 0 radical (unpaired) electrons. The lowest BCUT2D eigenvalue weighted by Crippen LogP contribution is -2.45. The van der Waals surface area contributed by atoms with Crippen LogP contribution in [0.25, 0.3) is 0 Å². The molecule has 0 saturated carbocycles. The number of rotatable bonds is 3. The Morgan fingerprint density at radius 3 is 2.70 bits per heavy atom. The monoisotopic (exact) mass is 290 g/mol. The normalized spacial score (nSPS) is 18.1. The highest BCUT2D eigenvalue weighted by Crippen LogP contribution is 2.32. The molecule has 2 aromatic rings. The molecule has 3 rings (SSSR count). The molecule has 1 aliphatic rings. The van der Waals surface area contributed by atoms with Crippen molar-refractivity contribution < 1.29 is 4.39 Å². The van der Waals surface area contributed by atoms with E-state index in [-0.39, 0.29) is 11.9 Å². The summed E-state index contributed by atoms with van der Waals surface area (Å²) < 4.78 is 13.5. The molecule has 2 nitrogen and oxygen atoms in total. The second-order valence-corrected chi connectivity index (χ2v) is 6.19. The van der Waals surface area contributed by atoms with E-state index < -0.39 is 0 Å². The average molecular weight is 290 g/mol. The van der Waals surface area contributed by atoms with Gasteiger partial charge in [-0.05, 0) is 35.6 Å². The van der Waals surface area contributed by atoms with Crippen molar-refractivity contribution in [3.63, 3.8) is 0 Å². The van der Waals surface area contributed by atoms with E-state index in [1.165, 1.54) is 10.4 Å². The molecule has 1 saturated heterocycles. The third kappa shape index (κ3) is 2.77. The summed E-state index contributed by atoms with van der Waals surface area (Å²) in [6.45, 7) is 5.92. The van der Waals surface area contributed by atoms with E-state index in [4.69, 9.17) is 0 Å². The van der Waals surface area contributed by atoms with Crippen LogP contribution in [0.1, 0.15) is 22.0 Å². The first kappa shape index (κ1) is 13.7. The first-order valence-corrected chi connectivity index (χ1v) is 7.88. The van der Waals surface area contributed by atoms with Crippen molar-refractivity contribution in [3.8, 4) is 0 Å². The zero-order chi connectivity index (χ0) is 13.9. The fourth-order valence-corrected chi connectivity index (χ4v) is 3.67. The Hall–Kier alpha value is -1.23. The largest absolute Gasteiger partial charge is 0.314 e.